The van der Waals surface area contributed by atoms with Crippen LogP contribution in [-0.4, -0.2) is 16.8 Å². The highest BCUT2D eigenvalue weighted by Crippen LogP contribution is 2.43. The lowest BCUT2D eigenvalue weighted by atomic mass is 9.85. The maximum atomic E-state index is 13.4. The number of carbonyl (C=O) groups excluding carboxylic acids is 2. The van der Waals surface area contributed by atoms with Crippen LogP contribution in [0.15, 0.2) is 78.4 Å². The molecule has 0 spiro atoms. The zero-order valence-corrected chi connectivity index (χ0v) is 22.4. The summed E-state index contributed by atoms with van der Waals surface area (Å²) in [6.45, 7) is 12.8. The molecule has 1 unspecified atom stereocenters. The maximum Gasteiger partial charge on any atom is 0.300 e. The molecule has 186 valence electrons. The predicted molar refractivity (Wildman–Crippen MR) is 147 cm³/mol. The van der Waals surface area contributed by atoms with Gasteiger partial charge in [0, 0.05) is 16.3 Å². The van der Waals surface area contributed by atoms with E-state index in [1.54, 1.807) is 24.3 Å². The number of amides is 1. The Balaban J connectivity index is 1.91. The molecule has 1 N–H and O–H groups in total. The van der Waals surface area contributed by atoms with Crippen LogP contribution < -0.4 is 4.90 Å². The van der Waals surface area contributed by atoms with Crippen LogP contribution in [-0.2, 0) is 20.4 Å². The van der Waals surface area contributed by atoms with Crippen molar-refractivity contribution in [2.75, 3.05) is 4.90 Å². The summed E-state index contributed by atoms with van der Waals surface area (Å²) < 4.78 is 0. The van der Waals surface area contributed by atoms with Gasteiger partial charge in [-0.2, -0.15) is 0 Å². The molecular formula is C31H32ClNO3. The molecule has 0 aliphatic carbocycles. The molecule has 0 bridgehead atoms. The van der Waals surface area contributed by atoms with Crippen LogP contribution in [0.5, 0.6) is 0 Å². The zero-order chi connectivity index (χ0) is 26.4. The number of anilines is 1. The Labute approximate surface area is 218 Å². The fraction of sp³-hybridized carbons (Fsp3) is 0.290. The quantitative estimate of drug-likeness (QED) is 0.229. The van der Waals surface area contributed by atoms with Gasteiger partial charge in [0.25, 0.3) is 11.7 Å². The molecule has 1 atom stereocenters. The molecule has 1 saturated heterocycles. The zero-order valence-electron chi connectivity index (χ0n) is 21.6. The lowest BCUT2D eigenvalue weighted by Crippen LogP contribution is -2.29. The van der Waals surface area contributed by atoms with E-state index in [9.17, 15) is 14.7 Å². The van der Waals surface area contributed by atoms with E-state index in [1.807, 2.05) is 48.5 Å². The van der Waals surface area contributed by atoms with E-state index in [2.05, 4.69) is 41.5 Å². The van der Waals surface area contributed by atoms with Gasteiger partial charge in [0.1, 0.15) is 5.76 Å². The van der Waals surface area contributed by atoms with Gasteiger partial charge in [-0.1, -0.05) is 102 Å². The van der Waals surface area contributed by atoms with E-state index in [0.29, 0.717) is 16.3 Å². The SMILES string of the molecule is CC(C)(C)c1ccc(C2/C(=C(/O)c3cccc(Cl)c3)C(=O)C(=O)N2c2ccc(C(C)(C)C)cc2)cc1. The third-order valence-electron chi connectivity index (χ3n) is 6.65. The molecule has 4 rings (SSSR count). The first kappa shape index (κ1) is 25.7. The third kappa shape index (κ3) is 4.83. The molecule has 0 radical (unpaired) electrons. The second-order valence-corrected chi connectivity index (χ2v) is 11.8. The lowest BCUT2D eigenvalue weighted by molar-refractivity contribution is -0.132. The first-order valence-corrected chi connectivity index (χ1v) is 12.4. The second-order valence-electron chi connectivity index (χ2n) is 11.3. The Morgan fingerprint density at radius 2 is 1.33 bits per heavy atom. The first-order valence-electron chi connectivity index (χ1n) is 12.1. The van der Waals surface area contributed by atoms with Crippen molar-refractivity contribution in [2.45, 2.75) is 58.4 Å². The van der Waals surface area contributed by atoms with Crippen molar-refractivity contribution in [3.63, 3.8) is 0 Å². The Morgan fingerprint density at radius 3 is 1.83 bits per heavy atom. The normalized spacial score (nSPS) is 18.1. The lowest BCUT2D eigenvalue weighted by Gasteiger charge is -2.27. The number of aliphatic hydroxyl groups is 1. The van der Waals surface area contributed by atoms with E-state index in [0.717, 1.165) is 16.7 Å². The number of hydrogen-bond donors (Lipinski definition) is 1. The van der Waals surface area contributed by atoms with Gasteiger partial charge in [-0.05, 0) is 51.8 Å². The smallest absolute Gasteiger partial charge is 0.300 e. The molecule has 1 aliphatic heterocycles. The molecular weight excluding hydrogens is 470 g/mol. The highest BCUT2D eigenvalue weighted by atomic mass is 35.5. The van der Waals surface area contributed by atoms with Gasteiger partial charge in [-0.15, -0.1) is 0 Å². The van der Waals surface area contributed by atoms with Gasteiger partial charge >= 0.3 is 0 Å². The minimum absolute atomic E-state index is 0.0469. The summed E-state index contributed by atoms with van der Waals surface area (Å²) in [5.41, 5.74) is 3.92. The fourth-order valence-corrected chi connectivity index (χ4v) is 4.68. The number of carbonyl (C=O) groups is 2. The number of hydrogen-bond acceptors (Lipinski definition) is 3. The van der Waals surface area contributed by atoms with Crippen molar-refractivity contribution < 1.29 is 14.7 Å². The molecule has 1 amide bonds. The average molecular weight is 502 g/mol. The second kappa shape index (κ2) is 9.25. The predicted octanol–water partition coefficient (Wildman–Crippen LogP) is 7.56. The summed E-state index contributed by atoms with van der Waals surface area (Å²) in [6.07, 6.45) is 0. The van der Waals surface area contributed by atoms with Gasteiger partial charge in [0.05, 0.1) is 11.6 Å². The summed E-state index contributed by atoms with van der Waals surface area (Å²) in [6, 6.07) is 21.4. The van der Waals surface area contributed by atoms with Gasteiger partial charge in [0.15, 0.2) is 0 Å². The summed E-state index contributed by atoms with van der Waals surface area (Å²) in [5, 5.41) is 11.7. The van der Waals surface area contributed by atoms with Crippen LogP contribution >= 0.6 is 11.6 Å². The fourth-order valence-electron chi connectivity index (χ4n) is 4.49. The number of ketones is 1. The van der Waals surface area contributed by atoms with E-state index in [1.165, 1.54) is 4.90 Å². The summed E-state index contributed by atoms with van der Waals surface area (Å²) in [4.78, 5) is 28.3. The molecule has 3 aromatic rings. The number of benzene rings is 3. The maximum absolute atomic E-state index is 13.4. The highest BCUT2D eigenvalue weighted by Gasteiger charge is 2.47. The minimum atomic E-state index is -0.779. The van der Waals surface area contributed by atoms with Crippen LogP contribution in [0.1, 0.15) is 69.8 Å². The number of nitrogens with zero attached hydrogens (tertiary/aromatic N) is 1. The van der Waals surface area contributed by atoms with Crippen molar-refractivity contribution >= 4 is 34.7 Å². The van der Waals surface area contributed by atoms with Gasteiger partial charge < -0.3 is 5.11 Å². The number of rotatable bonds is 3. The molecule has 36 heavy (non-hydrogen) atoms. The van der Waals surface area contributed by atoms with Crippen LogP contribution in [0.25, 0.3) is 5.76 Å². The Kier molecular flexibility index (Phi) is 6.61. The molecule has 3 aromatic carbocycles. The van der Waals surface area contributed by atoms with Crippen LogP contribution in [0, 0.1) is 0 Å². The minimum Gasteiger partial charge on any atom is -0.507 e. The molecule has 0 saturated carbocycles. The molecule has 4 nitrogen and oxygen atoms in total. The third-order valence-corrected chi connectivity index (χ3v) is 6.88. The van der Waals surface area contributed by atoms with E-state index < -0.39 is 17.7 Å². The van der Waals surface area contributed by atoms with Crippen molar-refractivity contribution in [2.24, 2.45) is 0 Å². The standard InChI is InChI=1S/C31H32ClNO3/c1-30(2,3)21-12-10-19(11-13-21)26-25(27(34)20-8-7-9-23(32)18-20)28(35)29(36)33(26)24-16-14-22(15-17-24)31(4,5)6/h7-18,26,34H,1-6H3/b27-25-. The van der Waals surface area contributed by atoms with E-state index >= 15 is 0 Å². The summed E-state index contributed by atoms with van der Waals surface area (Å²) in [5.74, 6) is -1.64. The molecule has 1 aliphatic rings. The summed E-state index contributed by atoms with van der Waals surface area (Å²) in [7, 11) is 0. The van der Waals surface area contributed by atoms with Crippen molar-refractivity contribution in [3.8, 4) is 0 Å². The highest BCUT2D eigenvalue weighted by molar-refractivity contribution is 6.51. The Morgan fingerprint density at radius 1 is 0.806 bits per heavy atom. The van der Waals surface area contributed by atoms with Crippen molar-refractivity contribution in [1.29, 1.82) is 0 Å². The monoisotopic (exact) mass is 501 g/mol. The topological polar surface area (TPSA) is 57.6 Å². The molecule has 5 heteroatoms. The van der Waals surface area contributed by atoms with Gasteiger partial charge in [-0.3, -0.25) is 14.5 Å². The van der Waals surface area contributed by atoms with Gasteiger partial charge in [0.2, 0.25) is 0 Å². The number of halogens is 1. The van der Waals surface area contributed by atoms with Crippen LogP contribution in [0.2, 0.25) is 5.02 Å². The van der Waals surface area contributed by atoms with Gasteiger partial charge in [-0.25, -0.2) is 0 Å². The average Bonchev–Trinajstić information content (AvgIpc) is 3.08. The molecule has 0 aromatic heterocycles. The Hall–Kier alpha value is -3.37. The number of Topliss-reactive ketones (excluding diaryl/α,β-unsaturated/α-hetero) is 1. The van der Waals surface area contributed by atoms with Crippen molar-refractivity contribution in [1.82, 2.24) is 0 Å². The Bertz CT molecular complexity index is 1340. The first-order chi connectivity index (χ1) is 16.8. The summed E-state index contributed by atoms with van der Waals surface area (Å²) >= 11 is 6.15. The van der Waals surface area contributed by atoms with E-state index in [-0.39, 0.29) is 22.2 Å². The largest absolute Gasteiger partial charge is 0.507 e. The van der Waals surface area contributed by atoms with Crippen LogP contribution in [0.3, 0.4) is 0 Å². The number of aliphatic hydroxyl groups excluding tert-OH is 1. The van der Waals surface area contributed by atoms with Crippen LogP contribution in [0.4, 0.5) is 5.69 Å². The molecule has 1 fully saturated rings. The van der Waals surface area contributed by atoms with E-state index in [4.69, 9.17) is 11.6 Å². The van der Waals surface area contributed by atoms with Crippen molar-refractivity contribution in [3.05, 3.63) is 106 Å². The molecule has 1 heterocycles.